The van der Waals surface area contributed by atoms with Crippen molar-refractivity contribution in [3.63, 3.8) is 0 Å². The predicted molar refractivity (Wildman–Crippen MR) is 70.9 cm³/mol. The maximum atomic E-state index is 11.7. The molecule has 104 valence electrons. The smallest absolute Gasteiger partial charge is 0.408 e. The lowest BCUT2D eigenvalue weighted by molar-refractivity contribution is -0.125. The van der Waals surface area contributed by atoms with E-state index in [0.29, 0.717) is 0 Å². The average Bonchev–Trinajstić information content (AvgIpc) is 2.42. The molecule has 1 amide bonds. The van der Waals surface area contributed by atoms with E-state index in [-0.39, 0.29) is 18.7 Å². The van der Waals surface area contributed by atoms with E-state index < -0.39 is 17.7 Å². The molecule has 1 aromatic carbocycles. The van der Waals surface area contributed by atoms with Crippen molar-refractivity contribution in [3.05, 3.63) is 42.1 Å². The summed E-state index contributed by atoms with van der Waals surface area (Å²) in [5.41, 5.74) is 6.20. The fourth-order valence-corrected chi connectivity index (χ4v) is 1.74. The summed E-state index contributed by atoms with van der Waals surface area (Å²) >= 11 is 0. The molecule has 1 heterocycles. The van der Waals surface area contributed by atoms with E-state index in [0.717, 1.165) is 10.6 Å². The molecule has 1 fully saturated rings. The number of Topliss-reactive ketones (excluding diaryl/α,β-unsaturated/α-hetero) is 2. The van der Waals surface area contributed by atoms with Crippen molar-refractivity contribution in [3.8, 4) is 0 Å². The number of piperidine rings is 1. The van der Waals surface area contributed by atoms with Gasteiger partial charge in [-0.2, -0.15) is 0 Å². The Labute approximate surface area is 114 Å². The van der Waals surface area contributed by atoms with E-state index in [1.807, 2.05) is 30.3 Å². The van der Waals surface area contributed by atoms with Crippen LogP contribution in [0.3, 0.4) is 0 Å². The number of carboxylic acid groups (broad SMARTS) is 1. The van der Waals surface area contributed by atoms with Gasteiger partial charge < -0.3 is 16.0 Å². The summed E-state index contributed by atoms with van der Waals surface area (Å²) in [7, 11) is 0. The molecule has 7 nitrogen and oxygen atoms in total. The quantitative estimate of drug-likeness (QED) is 0.425. The molecule has 1 saturated heterocycles. The molecule has 7 heteroatoms. The number of amides is 1. The highest BCUT2D eigenvalue weighted by atomic mass is 16.4. The summed E-state index contributed by atoms with van der Waals surface area (Å²) < 4.78 is 0. The van der Waals surface area contributed by atoms with Gasteiger partial charge in [0.2, 0.25) is 0 Å². The molecule has 1 aliphatic heterocycles. The third-order valence-electron chi connectivity index (χ3n) is 2.75. The zero-order valence-electron chi connectivity index (χ0n) is 10.5. The van der Waals surface area contributed by atoms with E-state index in [9.17, 15) is 14.4 Å². The van der Waals surface area contributed by atoms with Crippen molar-refractivity contribution >= 4 is 23.3 Å². The standard InChI is InChI=1S/C13H13N3O4/c17-11-7-16(13(19)20)8-12(18)10(11)6-14-15-9-4-2-1-3-5-9/h1-6,14-15H,7-8H2,(H,19,20). The monoisotopic (exact) mass is 275 g/mol. The van der Waals surface area contributed by atoms with Gasteiger partial charge in [-0.25, -0.2) is 4.79 Å². The Bertz CT molecular complexity index is 548. The average molecular weight is 275 g/mol. The number of carbonyl (C=O) groups excluding carboxylic acids is 2. The molecule has 0 bridgehead atoms. The summed E-state index contributed by atoms with van der Waals surface area (Å²) in [6.45, 7) is -0.611. The Morgan fingerprint density at radius 2 is 1.75 bits per heavy atom. The topological polar surface area (TPSA) is 98.7 Å². The number of anilines is 1. The van der Waals surface area contributed by atoms with Crippen molar-refractivity contribution < 1.29 is 19.5 Å². The Hall–Kier alpha value is -2.83. The molecule has 1 aliphatic rings. The molecule has 2 rings (SSSR count). The lowest BCUT2D eigenvalue weighted by atomic mass is 10.0. The zero-order valence-corrected chi connectivity index (χ0v) is 10.5. The molecule has 0 saturated carbocycles. The summed E-state index contributed by atoms with van der Waals surface area (Å²) in [6.07, 6.45) is -0.0160. The van der Waals surface area contributed by atoms with Gasteiger partial charge in [-0.1, -0.05) is 18.2 Å². The highest BCUT2D eigenvalue weighted by molar-refractivity contribution is 6.23. The second kappa shape index (κ2) is 5.87. The van der Waals surface area contributed by atoms with Crippen molar-refractivity contribution in [2.24, 2.45) is 0 Å². The number of nitrogens with zero attached hydrogens (tertiary/aromatic N) is 1. The first kappa shape index (κ1) is 13.6. The van der Waals surface area contributed by atoms with Crippen molar-refractivity contribution in [1.29, 1.82) is 0 Å². The third kappa shape index (κ3) is 3.14. The van der Waals surface area contributed by atoms with Crippen molar-refractivity contribution in [2.75, 3.05) is 18.5 Å². The summed E-state index contributed by atoms with van der Waals surface area (Å²) in [4.78, 5) is 34.9. The minimum atomic E-state index is -1.28. The molecule has 0 atom stereocenters. The second-order valence-electron chi connectivity index (χ2n) is 4.18. The largest absolute Gasteiger partial charge is 0.465 e. The lowest BCUT2D eigenvalue weighted by Crippen LogP contribution is -2.45. The van der Waals surface area contributed by atoms with Crippen LogP contribution in [0.2, 0.25) is 0 Å². The molecular formula is C13H13N3O4. The molecule has 0 aliphatic carbocycles. The van der Waals surface area contributed by atoms with Gasteiger partial charge >= 0.3 is 6.09 Å². The molecular weight excluding hydrogens is 262 g/mol. The number of nitrogens with one attached hydrogen (secondary N) is 2. The van der Waals surface area contributed by atoms with Gasteiger partial charge in [0.15, 0.2) is 11.6 Å². The molecule has 3 N–H and O–H groups in total. The van der Waals surface area contributed by atoms with E-state index >= 15 is 0 Å². The summed E-state index contributed by atoms with van der Waals surface area (Å²) in [5, 5.41) is 8.76. The molecule has 0 spiro atoms. The van der Waals surface area contributed by atoms with Crippen molar-refractivity contribution in [2.45, 2.75) is 0 Å². The fraction of sp³-hybridized carbons (Fsp3) is 0.154. The second-order valence-corrected chi connectivity index (χ2v) is 4.18. The number of hydrogen-bond donors (Lipinski definition) is 3. The predicted octanol–water partition coefficient (Wildman–Crippen LogP) is 0.619. The van der Waals surface area contributed by atoms with E-state index in [2.05, 4.69) is 10.9 Å². The van der Waals surface area contributed by atoms with Gasteiger partial charge in [-0.05, 0) is 12.1 Å². The maximum Gasteiger partial charge on any atom is 0.408 e. The zero-order chi connectivity index (χ0) is 14.5. The van der Waals surface area contributed by atoms with Gasteiger partial charge in [-0.15, -0.1) is 0 Å². The number of carbonyl (C=O) groups is 3. The maximum absolute atomic E-state index is 11.7. The molecule has 0 unspecified atom stereocenters. The van der Waals surface area contributed by atoms with Gasteiger partial charge in [0, 0.05) is 6.20 Å². The first-order valence-electron chi connectivity index (χ1n) is 5.89. The van der Waals surface area contributed by atoms with Crippen LogP contribution in [-0.2, 0) is 9.59 Å². The number of benzene rings is 1. The Kier molecular flexibility index (Phi) is 3.99. The van der Waals surface area contributed by atoms with Crippen molar-refractivity contribution in [1.82, 2.24) is 10.3 Å². The minimum absolute atomic E-state index is 0.0362. The molecule has 0 radical (unpaired) electrons. The van der Waals surface area contributed by atoms with E-state index in [4.69, 9.17) is 5.11 Å². The van der Waals surface area contributed by atoms with E-state index in [1.54, 1.807) is 0 Å². The number of hydrazine groups is 1. The SMILES string of the molecule is O=C1CN(C(=O)O)CC(=O)C1=CNNc1ccccc1. The normalized spacial score (nSPS) is 15.0. The Morgan fingerprint density at radius 1 is 1.15 bits per heavy atom. The summed E-state index contributed by atoms with van der Waals surface area (Å²) in [6, 6.07) is 9.14. The summed E-state index contributed by atoms with van der Waals surface area (Å²) in [5.74, 6) is -1.04. The number of likely N-dealkylation sites (tertiary alicyclic amines) is 1. The van der Waals surface area contributed by atoms with E-state index in [1.165, 1.54) is 6.20 Å². The Balaban J connectivity index is 1.98. The van der Waals surface area contributed by atoms with Crippen LogP contribution < -0.4 is 10.9 Å². The number of hydrogen-bond acceptors (Lipinski definition) is 5. The van der Waals surface area contributed by atoms with Crippen LogP contribution in [-0.4, -0.2) is 40.8 Å². The first-order chi connectivity index (χ1) is 9.58. The Morgan fingerprint density at radius 3 is 2.30 bits per heavy atom. The molecule has 1 aromatic rings. The number of rotatable bonds is 3. The third-order valence-corrected chi connectivity index (χ3v) is 2.75. The van der Waals surface area contributed by atoms with Crippen LogP contribution in [0.5, 0.6) is 0 Å². The van der Waals surface area contributed by atoms with Gasteiger partial charge in [0.05, 0.1) is 24.4 Å². The van der Waals surface area contributed by atoms with Crippen LogP contribution >= 0.6 is 0 Å². The van der Waals surface area contributed by atoms with Crippen LogP contribution in [0.15, 0.2) is 42.1 Å². The van der Waals surface area contributed by atoms with Crippen LogP contribution in [0.1, 0.15) is 0 Å². The lowest BCUT2D eigenvalue weighted by Gasteiger charge is -2.23. The highest BCUT2D eigenvalue weighted by Gasteiger charge is 2.31. The van der Waals surface area contributed by atoms with Crippen LogP contribution in [0.4, 0.5) is 10.5 Å². The van der Waals surface area contributed by atoms with Gasteiger partial charge in [-0.3, -0.25) is 14.5 Å². The highest BCUT2D eigenvalue weighted by Crippen LogP contribution is 2.09. The first-order valence-corrected chi connectivity index (χ1v) is 5.89. The number of ketones is 2. The fourth-order valence-electron chi connectivity index (χ4n) is 1.74. The molecule has 0 aromatic heterocycles. The minimum Gasteiger partial charge on any atom is -0.465 e. The van der Waals surface area contributed by atoms with Crippen LogP contribution in [0.25, 0.3) is 0 Å². The number of para-hydroxylation sites is 1. The molecule has 20 heavy (non-hydrogen) atoms. The van der Waals surface area contributed by atoms with Crippen LogP contribution in [0, 0.1) is 0 Å². The van der Waals surface area contributed by atoms with Gasteiger partial charge in [0.1, 0.15) is 0 Å². The van der Waals surface area contributed by atoms with Gasteiger partial charge in [0.25, 0.3) is 0 Å².